The van der Waals surface area contributed by atoms with Crippen LogP contribution in [0.2, 0.25) is 0 Å². The summed E-state index contributed by atoms with van der Waals surface area (Å²) >= 11 is 0. The molecule has 0 amide bonds. The summed E-state index contributed by atoms with van der Waals surface area (Å²) in [7, 11) is 0. The molecule has 0 spiro atoms. The van der Waals surface area contributed by atoms with E-state index in [0.717, 1.165) is 11.1 Å². The van der Waals surface area contributed by atoms with E-state index < -0.39 is 30.5 Å². The number of ether oxygens (including phenoxy) is 2. The van der Waals surface area contributed by atoms with Crippen molar-refractivity contribution in [3.8, 4) is 0 Å². The molecule has 134 valence electrons. The Balaban J connectivity index is 1.61. The van der Waals surface area contributed by atoms with Gasteiger partial charge in [-0.05, 0) is 11.1 Å². The smallest absolute Gasteiger partial charge is 0.112 e. The minimum atomic E-state index is -1.11. The molecule has 4 atom stereocenters. The van der Waals surface area contributed by atoms with Crippen molar-refractivity contribution in [2.24, 2.45) is 0 Å². The molecule has 0 saturated heterocycles. The molecule has 25 heavy (non-hydrogen) atoms. The second-order valence-corrected chi connectivity index (χ2v) is 6.38. The van der Waals surface area contributed by atoms with Gasteiger partial charge in [0.05, 0.1) is 25.4 Å². The van der Waals surface area contributed by atoms with Gasteiger partial charge in [0.2, 0.25) is 0 Å². The van der Waals surface area contributed by atoms with E-state index in [1.54, 1.807) is 0 Å². The van der Waals surface area contributed by atoms with Gasteiger partial charge < -0.3 is 24.8 Å². The van der Waals surface area contributed by atoms with E-state index in [9.17, 15) is 15.3 Å². The average molecular weight is 344 g/mol. The molecule has 1 fully saturated rings. The summed E-state index contributed by atoms with van der Waals surface area (Å²) in [5, 5.41) is 30.9. The van der Waals surface area contributed by atoms with Crippen LogP contribution in [0.1, 0.15) is 17.5 Å². The molecule has 1 aliphatic carbocycles. The van der Waals surface area contributed by atoms with E-state index in [1.165, 1.54) is 0 Å². The Morgan fingerprint density at radius 3 is 1.48 bits per heavy atom. The minimum absolute atomic E-state index is 0.107. The van der Waals surface area contributed by atoms with Gasteiger partial charge in [0, 0.05) is 6.42 Å². The quantitative estimate of drug-likeness (QED) is 0.742. The van der Waals surface area contributed by atoms with Crippen molar-refractivity contribution in [1.29, 1.82) is 0 Å². The molecule has 2 aromatic carbocycles. The second-order valence-electron chi connectivity index (χ2n) is 6.38. The van der Waals surface area contributed by atoms with Crippen molar-refractivity contribution < 1.29 is 24.8 Å². The summed E-state index contributed by atoms with van der Waals surface area (Å²) in [6, 6.07) is 19.1. The van der Waals surface area contributed by atoms with Gasteiger partial charge in [-0.25, -0.2) is 0 Å². The van der Waals surface area contributed by atoms with E-state index in [1.807, 2.05) is 60.7 Å². The van der Waals surface area contributed by atoms with Crippen LogP contribution in [0.4, 0.5) is 0 Å². The highest BCUT2D eigenvalue weighted by atomic mass is 16.5. The van der Waals surface area contributed by atoms with E-state index in [2.05, 4.69) is 0 Å². The fourth-order valence-electron chi connectivity index (χ4n) is 3.11. The van der Waals surface area contributed by atoms with Crippen LogP contribution in [-0.2, 0) is 22.7 Å². The van der Waals surface area contributed by atoms with Crippen molar-refractivity contribution in [3.63, 3.8) is 0 Å². The van der Waals surface area contributed by atoms with Crippen molar-refractivity contribution in [2.45, 2.75) is 50.2 Å². The van der Waals surface area contributed by atoms with E-state index in [-0.39, 0.29) is 19.6 Å². The molecule has 0 bridgehead atoms. The summed E-state index contributed by atoms with van der Waals surface area (Å²) in [5.74, 6) is 0. The molecule has 0 aromatic heterocycles. The van der Waals surface area contributed by atoms with Gasteiger partial charge in [-0.15, -0.1) is 0 Å². The van der Waals surface area contributed by atoms with Gasteiger partial charge in [0.1, 0.15) is 18.3 Å². The predicted octanol–water partition coefficient (Wildman–Crippen LogP) is 1.64. The first-order valence-electron chi connectivity index (χ1n) is 8.50. The summed E-state index contributed by atoms with van der Waals surface area (Å²) in [6.45, 7) is 0.558. The third kappa shape index (κ3) is 4.66. The third-order valence-electron chi connectivity index (χ3n) is 4.49. The largest absolute Gasteiger partial charge is 0.390 e. The Hall–Kier alpha value is -1.76. The molecule has 3 N–H and O–H groups in total. The van der Waals surface area contributed by atoms with Gasteiger partial charge in [-0.1, -0.05) is 60.7 Å². The molecular formula is C20H24O5. The van der Waals surface area contributed by atoms with Crippen LogP contribution >= 0.6 is 0 Å². The highest BCUT2D eigenvalue weighted by molar-refractivity contribution is 5.14. The topological polar surface area (TPSA) is 79.2 Å². The molecule has 0 heterocycles. The first-order valence-corrected chi connectivity index (χ1v) is 8.50. The number of hydrogen-bond acceptors (Lipinski definition) is 5. The molecule has 1 aliphatic rings. The van der Waals surface area contributed by atoms with Gasteiger partial charge in [0.15, 0.2) is 0 Å². The van der Waals surface area contributed by atoms with Gasteiger partial charge in [0.25, 0.3) is 0 Å². The number of aliphatic hydroxyl groups excluding tert-OH is 3. The number of rotatable bonds is 6. The molecule has 3 rings (SSSR count). The highest BCUT2D eigenvalue weighted by Gasteiger charge is 2.44. The fourth-order valence-corrected chi connectivity index (χ4v) is 3.11. The molecule has 4 unspecified atom stereocenters. The Labute approximate surface area is 147 Å². The van der Waals surface area contributed by atoms with Crippen molar-refractivity contribution in [2.75, 3.05) is 0 Å². The third-order valence-corrected chi connectivity index (χ3v) is 4.49. The van der Waals surface area contributed by atoms with Crippen LogP contribution < -0.4 is 0 Å². The van der Waals surface area contributed by atoms with Crippen molar-refractivity contribution in [3.05, 3.63) is 71.8 Å². The molecule has 1 saturated carbocycles. The average Bonchev–Trinajstić information content (AvgIpc) is 2.63. The molecule has 0 aliphatic heterocycles. The summed E-state index contributed by atoms with van der Waals surface area (Å²) in [6.07, 6.45) is -4.48. The highest BCUT2D eigenvalue weighted by Crippen LogP contribution is 2.27. The number of aliphatic hydroxyl groups is 3. The van der Waals surface area contributed by atoms with Crippen LogP contribution in [-0.4, -0.2) is 45.8 Å². The number of benzene rings is 2. The van der Waals surface area contributed by atoms with E-state index in [4.69, 9.17) is 9.47 Å². The number of hydrogen-bond donors (Lipinski definition) is 3. The van der Waals surface area contributed by atoms with E-state index in [0.29, 0.717) is 0 Å². The SMILES string of the molecule is OC1CC(O)C(OCc2ccccc2)C(O)C1OCc1ccccc1. The first kappa shape index (κ1) is 18.0. The van der Waals surface area contributed by atoms with Gasteiger partial charge >= 0.3 is 0 Å². The summed E-state index contributed by atoms with van der Waals surface area (Å²) in [4.78, 5) is 0. The predicted molar refractivity (Wildman–Crippen MR) is 92.7 cm³/mol. The lowest BCUT2D eigenvalue weighted by Crippen LogP contribution is -2.57. The molecule has 5 nitrogen and oxygen atoms in total. The van der Waals surface area contributed by atoms with Gasteiger partial charge in [-0.3, -0.25) is 0 Å². The Morgan fingerprint density at radius 1 is 0.680 bits per heavy atom. The van der Waals surface area contributed by atoms with Crippen LogP contribution in [0.25, 0.3) is 0 Å². The maximum atomic E-state index is 10.6. The Bertz CT molecular complexity index is 578. The zero-order valence-electron chi connectivity index (χ0n) is 13.9. The van der Waals surface area contributed by atoms with Crippen LogP contribution in [0.3, 0.4) is 0 Å². The lowest BCUT2D eigenvalue weighted by molar-refractivity contribution is -0.213. The Morgan fingerprint density at radius 2 is 1.08 bits per heavy atom. The summed E-state index contributed by atoms with van der Waals surface area (Å²) in [5.41, 5.74) is 1.91. The fraction of sp³-hybridized carbons (Fsp3) is 0.400. The molecular weight excluding hydrogens is 320 g/mol. The Kier molecular flexibility index (Phi) is 6.18. The van der Waals surface area contributed by atoms with Crippen molar-refractivity contribution in [1.82, 2.24) is 0 Å². The van der Waals surface area contributed by atoms with Crippen LogP contribution in [0.15, 0.2) is 60.7 Å². The lowest BCUT2D eigenvalue weighted by Gasteiger charge is -2.40. The molecule has 5 heteroatoms. The minimum Gasteiger partial charge on any atom is -0.390 e. The molecule has 0 radical (unpaired) electrons. The van der Waals surface area contributed by atoms with Crippen molar-refractivity contribution >= 4 is 0 Å². The summed E-state index contributed by atoms with van der Waals surface area (Å²) < 4.78 is 11.5. The maximum absolute atomic E-state index is 10.6. The second kappa shape index (κ2) is 8.56. The first-order chi connectivity index (χ1) is 12.1. The van der Waals surface area contributed by atoms with Gasteiger partial charge in [-0.2, -0.15) is 0 Å². The van der Waals surface area contributed by atoms with E-state index >= 15 is 0 Å². The maximum Gasteiger partial charge on any atom is 0.112 e. The van der Waals surface area contributed by atoms with Crippen LogP contribution in [0.5, 0.6) is 0 Å². The lowest BCUT2D eigenvalue weighted by atomic mass is 9.87. The van der Waals surface area contributed by atoms with Crippen LogP contribution in [0, 0.1) is 0 Å². The molecule has 2 aromatic rings. The standard InChI is InChI=1S/C20H24O5/c21-16-11-17(22)20(25-13-15-9-5-2-6-10-15)18(23)19(16)24-12-14-7-3-1-4-8-14/h1-10,16-23H,11-13H2. The zero-order valence-corrected chi connectivity index (χ0v) is 13.9. The zero-order chi connectivity index (χ0) is 17.6. The monoisotopic (exact) mass is 344 g/mol. The normalized spacial score (nSPS) is 29.5.